The monoisotopic (exact) mass is 226 g/mol. The largest absolute Gasteiger partial charge is 0.318 e. The maximum Gasteiger partial charge on any atom is 0.0243 e. The summed E-state index contributed by atoms with van der Waals surface area (Å²) in [6, 6.07) is 2.81. The third kappa shape index (κ3) is 3.93. The average molecular weight is 226 g/mol. The molecular weight excluding hydrogens is 204 g/mol. The number of thiophene rings is 1. The Morgan fingerprint density at radius 3 is 2.67 bits per heavy atom. The molecular formula is C12H22N2S. The van der Waals surface area contributed by atoms with Crippen LogP contribution in [0.1, 0.15) is 19.4 Å². The second-order valence-electron chi connectivity index (χ2n) is 4.42. The van der Waals surface area contributed by atoms with Crippen LogP contribution in [0.15, 0.2) is 16.8 Å². The third-order valence-electron chi connectivity index (χ3n) is 2.76. The van der Waals surface area contributed by atoms with Crippen molar-refractivity contribution in [2.75, 3.05) is 20.6 Å². The zero-order chi connectivity index (χ0) is 11.3. The highest BCUT2D eigenvalue weighted by Gasteiger charge is 2.17. The molecule has 1 rings (SSSR count). The highest BCUT2D eigenvalue weighted by atomic mass is 32.1. The molecule has 0 spiro atoms. The third-order valence-corrected chi connectivity index (χ3v) is 3.49. The van der Waals surface area contributed by atoms with Gasteiger partial charge in [-0.2, -0.15) is 11.3 Å². The summed E-state index contributed by atoms with van der Waals surface area (Å²) in [6.07, 6.45) is 0. The predicted molar refractivity (Wildman–Crippen MR) is 68.3 cm³/mol. The Balaban J connectivity index is 2.52. The lowest BCUT2D eigenvalue weighted by Crippen LogP contribution is -2.42. The van der Waals surface area contributed by atoms with Crippen molar-refractivity contribution >= 4 is 11.3 Å². The molecule has 0 radical (unpaired) electrons. The van der Waals surface area contributed by atoms with Crippen molar-refractivity contribution in [3.8, 4) is 0 Å². The van der Waals surface area contributed by atoms with Gasteiger partial charge < -0.3 is 5.32 Å². The number of hydrogen-bond acceptors (Lipinski definition) is 3. The van der Waals surface area contributed by atoms with Crippen LogP contribution in [0.25, 0.3) is 0 Å². The van der Waals surface area contributed by atoms with Gasteiger partial charge in [0, 0.05) is 19.1 Å². The van der Waals surface area contributed by atoms with Crippen molar-refractivity contribution in [2.45, 2.75) is 26.4 Å². The molecule has 0 saturated carbocycles. The fourth-order valence-electron chi connectivity index (χ4n) is 1.90. The Morgan fingerprint density at radius 1 is 1.47 bits per heavy atom. The lowest BCUT2D eigenvalue weighted by Gasteiger charge is -2.30. The molecule has 1 N–H and O–H groups in total. The minimum atomic E-state index is 0.606. The van der Waals surface area contributed by atoms with E-state index in [4.69, 9.17) is 0 Å². The van der Waals surface area contributed by atoms with Gasteiger partial charge in [0.05, 0.1) is 0 Å². The van der Waals surface area contributed by atoms with Crippen LogP contribution in [-0.4, -0.2) is 31.6 Å². The quantitative estimate of drug-likeness (QED) is 0.801. The normalized spacial score (nSPS) is 13.7. The number of nitrogens with zero attached hydrogens (tertiary/aromatic N) is 1. The molecule has 0 aromatic carbocycles. The van der Waals surface area contributed by atoms with Crippen molar-refractivity contribution < 1.29 is 0 Å². The van der Waals surface area contributed by atoms with Crippen LogP contribution in [0.3, 0.4) is 0 Å². The topological polar surface area (TPSA) is 15.3 Å². The Morgan fingerprint density at radius 2 is 2.20 bits per heavy atom. The summed E-state index contributed by atoms with van der Waals surface area (Å²) >= 11 is 1.77. The maximum atomic E-state index is 3.27. The molecule has 1 aromatic rings. The molecule has 1 unspecified atom stereocenters. The molecule has 0 aliphatic rings. The Kier molecular flexibility index (Phi) is 5.29. The van der Waals surface area contributed by atoms with E-state index in [0.29, 0.717) is 12.0 Å². The van der Waals surface area contributed by atoms with Gasteiger partial charge in [0.2, 0.25) is 0 Å². The molecule has 15 heavy (non-hydrogen) atoms. The second-order valence-corrected chi connectivity index (χ2v) is 5.20. The smallest absolute Gasteiger partial charge is 0.0243 e. The van der Waals surface area contributed by atoms with Crippen molar-refractivity contribution in [3.63, 3.8) is 0 Å². The first kappa shape index (κ1) is 12.7. The van der Waals surface area contributed by atoms with Gasteiger partial charge in [-0.15, -0.1) is 0 Å². The first-order valence-corrected chi connectivity index (χ1v) is 6.45. The van der Waals surface area contributed by atoms with Crippen LogP contribution >= 0.6 is 11.3 Å². The molecule has 0 saturated heterocycles. The van der Waals surface area contributed by atoms with Crippen molar-refractivity contribution in [1.29, 1.82) is 0 Å². The van der Waals surface area contributed by atoms with Crippen molar-refractivity contribution in [2.24, 2.45) is 5.92 Å². The fourth-order valence-corrected chi connectivity index (χ4v) is 2.56. The summed E-state index contributed by atoms with van der Waals surface area (Å²) in [5.74, 6) is 0.682. The number of nitrogens with one attached hydrogen (secondary N) is 1. The Hall–Kier alpha value is -0.380. The van der Waals surface area contributed by atoms with Gasteiger partial charge in [0.25, 0.3) is 0 Å². The van der Waals surface area contributed by atoms with Gasteiger partial charge >= 0.3 is 0 Å². The predicted octanol–water partition coefficient (Wildman–Crippen LogP) is 2.42. The van der Waals surface area contributed by atoms with E-state index in [1.807, 2.05) is 7.05 Å². The van der Waals surface area contributed by atoms with Crippen LogP contribution in [0.2, 0.25) is 0 Å². The van der Waals surface area contributed by atoms with Gasteiger partial charge in [-0.25, -0.2) is 0 Å². The Labute approximate surface area is 97.3 Å². The first-order chi connectivity index (χ1) is 7.15. The Bertz CT molecular complexity index is 257. The van der Waals surface area contributed by atoms with E-state index in [-0.39, 0.29) is 0 Å². The summed E-state index contributed by atoms with van der Waals surface area (Å²) in [5.41, 5.74) is 1.42. The van der Waals surface area contributed by atoms with E-state index in [9.17, 15) is 0 Å². The molecule has 3 heteroatoms. The zero-order valence-corrected chi connectivity index (χ0v) is 11.0. The molecule has 1 atom stereocenters. The van der Waals surface area contributed by atoms with E-state index >= 15 is 0 Å². The molecule has 0 fully saturated rings. The lowest BCUT2D eigenvalue weighted by molar-refractivity contribution is 0.182. The van der Waals surface area contributed by atoms with Gasteiger partial charge in [-0.3, -0.25) is 4.90 Å². The molecule has 0 aliphatic heterocycles. The van der Waals surface area contributed by atoms with E-state index in [1.165, 1.54) is 5.56 Å². The van der Waals surface area contributed by atoms with E-state index in [0.717, 1.165) is 13.1 Å². The molecule has 2 nitrogen and oxygen atoms in total. The minimum absolute atomic E-state index is 0.606. The molecule has 1 aromatic heterocycles. The van der Waals surface area contributed by atoms with Gasteiger partial charge in [0.1, 0.15) is 0 Å². The van der Waals surface area contributed by atoms with Crippen molar-refractivity contribution in [1.82, 2.24) is 10.2 Å². The summed E-state index contributed by atoms with van der Waals surface area (Å²) in [5, 5.41) is 7.64. The first-order valence-electron chi connectivity index (χ1n) is 5.51. The summed E-state index contributed by atoms with van der Waals surface area (Å²) in [4.78, 5) is 2.43. The number of likely N-dealkylation sites (N-methyl/N-ethyl adjacent to an activating group) is 2. The summed E-state index contributed by atoms with van der Waals surface area (Å²) in [6.45, 7) is 6.67. The highest BCUT2D eigenvalue weighted by Crippen LogP contribution is 2.14. The van der Waals surface area contributed by atoms with Gasteiger partial charge in [-0.1, -0.05) is 13.8 Å². The SMILES string of the molecule is CNCC(C(C)C)N(C)Cc1ccsc1. The summed E-state index contributed by atoms with van der Waals surface area (Å²) in [7, 11) is 4.23. The zero-order valence-electron chi connectivity index (χ0n) is 10.2. The molecule has 1 heterocycles. The number of hydrogen-bond donors (Lipinski definition) is 1. The van der Waals surface area contributed by atoms with E-state index in [1.54, 1.807) is 11.3 Å². The van der Waals surface area contributed by atoms with Gasteiger partial charge in [0.15, 0.2) is 0 Å². The maximum absolute atomic E-state index is 3.27. The summed E-state index contributed by atoms with van der Waals surface area (Å²) < 4.78 is 0. The van der Waals surface area contributed by atoms with Crippen molar-refractivity contribution in [3.05, 3.63) is 22.4 Å². The lowest BCUT2D eigenvalue weighted by atomic mass is 10.0. The van der Waals surface area contributed by atoms with E-state index in [2.05, 4.69) is 47.9 Å². The van der Waals surface area contributed by atoms with Crippen LogP contribution in [0.5, 0.6) is 0 Å². The van der Waals surface area contributed by atoms with Gasteiger partial charge in [-0.05, 0) is 42.4 Å². The highest BCUT2D eigenvalue weighted by molar-refractivity contribution is 7.07. The van der Waals surface area contributed by atoms with Crippen LogP contribution in [-0.2, 0) is 6.54 Å². The standard InChI is InChI=1S/C12H22N2S/c1-10(2)12(7-13-3)14(4)8-11-5-6-15-9-11/h5-6,9-10,12-13H,7-8H2,1-4H3. The second kappa shape index (κ2) is 6.26. The van der Waals surface area contributed by atoms with E-state index < -0.39 is 0 Å². The minimum Gasteiger partial charge on any atom is -0.318 e. The molecule has 0 amide bonds. The molecule has 0 aliphatic carbocycles. The number of rotatable bonds is 6. The van der Waals surface area contributed by atoms with Crippen LogP contribution in [0.4, 0.5) is 0 Å². The average Bonchev–Trinajstić information content (AvgIpc) is 2.65. The van der Waals surface area contributed by atoms with Crippen LogP contribution < -0.4 is 5.32 Å². The van der Waals surface area contributed by atoms with Crippen LogP contribution in [0, 0.1) is 5.92 Å². The fraction of sp³-hybridized carbons (Fsp3) is 0.667. The molecule has 0 bridgehead atoms. The molecule has 86 valence electrons.